The van der Waals surface area contributed by atoms with Crippen molar-refractivity contribution in [3.63, 3.8) is 0 Å². The van der Waals surface area contributed by atoms with E-state index < -0.39 is 75.8 Å². The van der Waals surface area contributed by atoms with Gasteiger partial charge in [-0.1, -0.05) is 30.3 Å². The first-order chi connectivity index (χ1) is 20.5. The van der Waals surface area contributed by atoms with Crippen molar-refractivity contribution >= 4 is 28.4 Å². The lowest BCUT2D eigenvalue weighted by Crippen LogP contribution is -2.64. The van der Waals surface area contributed by atoms with Crippen LogP contribution in [0.4, 0.5) is 22.0 Å². The Morgan fingerprint density at radius 2 is 1.77 bits per heavy atom. The summed E-state index contributed by atoms with van der Waals surface area (Å²) in [4.78, 5) is 42.2. The van der Waals surface area contributed by atoms with E-state index in [1.807, 2.05) is 0 Å². The number of ether oxygens (including phenoxy) is 1. The number of benzene rings is 2. The van der Waals surface area contributed by atoms with Crippen LogP contribution in [-0.4, -0.2) is 38.1 Å². The molecule has 0 spiro atoms. The SMILES string of the molecule is Cc1nc2cc3c(cc2c(=O)n1COC(=O)C(C)(C)C)C(NC1(F)C(c2ccccc2)=C(F)C(F)=C(F)C1(F)C(=O)O)CC3. The molecule has 44 heavy (non-hydrogen) atoms. The number of aromatic nitrogens is 2. The molecule has 0 aliphatic heterocycles. The molecule has 5 rings (SSSR count). The number of carbonyl (C=O) groups excluding carboxylic acids is 1. The van der Waals surface area contributed by atoms with Gasteiger partial charge in [0.05, 0.1) is 21.9 Å². The van der Waals surface area contributed by atoms with Crippen LogP contribution in [0.15, 0.2) is 64.7 Å². The summed E-state index contributed by atoms with van der Waals surface area (Å²) in [7, 11) is 0. The lowest BCUT2D eigenvalue weighted by atomic mass is 9.77. The second kappa shape index (κ2) is 10.7. The Bertz CT molecular complexity index is 1830. The predicted molar refractivity (Wildman–Crippen MR) is 150 cm³/mol. The minimum absolute atomic E-state index is 0.000890. The van der Waals surface area contributed by atoms with Gasteiger partial charge in [0.2, 0.25) is 5.79 Å². The lowest BCUT2D eigenvalue weighted by Gasteiger charge is -2.42. The maximum Gasteiger partial charge on any atom is 0.354 e. The molecule has 13 heteroatoms. The third kappa shape index (κ3) is 4.70. The first-order valence-corrected chi connectivity index (χ1v) is 13.6. The molecule has 1 heterocycles. The van der Waals surface area contributed by atoms with Crippen LogP contribution in [0.3, 0.4) is 0 Å². The highest BCUT2D eigenvalue weighted by molar-refractivity contribution is 5.93. The van der Waals surface area contributed by atoms with Crippen LogP contribution >= 0.6 is 0 Å². The average Bonchev–Trinajstić information content (AvgIpc) is 3.34. The molecule has 0 saturated heterocycles. The summed E-state index contributed by atoms with van der Waals surface area (Å²) < 4.78 is 84.5. The number of rotatable bonds is 6. The van der Waals surface area contributed by atoms with Gasteiger partial charge in [-0.25, -0.2) is 31.7 Å². The van der Waals surface area contributed by atoms with Gasteiger partial charge in [-0.05, 0) is 69.4 Å². The number of aliphatic carboxylic acids is 1. The normalized spacial score (nSPS) is 23.7. The topological polar surface area (TPSA) is 111 Å². The van der Waals surface area contributed by atoms with Crippen LogP contribution in [0.25, 0.3) is 16.5 Å². The van der Waals surface area contributed by atoms with Crippen molar-refractivity contribution in [3.05, 3.63) is 92.8 Å². The number of halogens is 5. The number of carboxylic acids is 1. The Morgan fingerprint density at radius 3 is 2.39 bits per heavy atom. The van der Waals surface area contributed by atoms with Crippen LogP contribution in [0.2, 0.25) is 0 Å². The molecule has 3 aromatic rings. The Labute approximate surface area is 247 Å². The second-order valence-electron chi connectivity index (χ2n) is 11.8. The van der Waals surface area contributed by atoms with Gasteiger partial charge in [0.15, 0.2) is 24.2 Å². The van der Waals surface area contributed by atoms with Crippen LogP contribution in [0, 0.1) is 12.3 Å². The summed E-state index contributed by atoms with van der Waals surface area (Å²) in [5.41, 5.74) is -6.93. The Balaban J connectivity index is 1.62. The number of aryl methyl sites for hydroxylation is 2. The molecule has 232 valence electrons. The molecule has 0 saturated carbocycles. The number of alkyl halides is 2. The first kappa shape index (κ1) is 31.0. The van der Waals surface area contributed by atoms with E-state index in [0.29, 0.717) is 5.56 Å². The van der Waals surface area contributed by atoms with Crippen molar-refractivity contribution in [3.8, 4) is 0 Å². The van der Waals surface area contributed by atoms with Gasteiger partial charge in [-0.3, -0.25) is 19.5 Å². The molecule has 0 radical (unpaired) electrons. The first-order valence-electron chi connectivity index (χ1n) is 13.6. The van der Waals surface area contributed by atoms with E-state index in [4.69, 9.17) is 4.74 Å². The van der Waals surface area contributed by atoms with Crippen molar-refractivity contribution in [2.45, 2.75) is 64.8 Å². The monoisotopic (exact) mass is 617 g/mol. The molecule has 0 amide bonds. The van der Waals surface area contributed by atoms with Crippen LogP contribution in [-0.2, 0) is 27.5 Å². The zero-order valence-electron chi connectivity index (χ0n) is 24.1. The largest absolute Gasteiger partial charge is 0.478 e. The molecule has 3 unspecified atom stereocenters. The van der Waals surface area contributed by atoms with Crippen LogP contribution < -0.4 is 10.9 Å². The number of esters is 1. The van der Waals surface area contributed by atoms with E-state index in [9.17, 15) is 28.3 Å². The molecule has 2 aromatic carbocycles. The molecular weight excluding hydrogens is 589 g/mol. The van der Waals surface area contributed by atoms with E-state index in [0.717, 1.165) is 16.7 Å². The number of nitrogens with zero attached hydrogens (tertiary/aromatic N) is 2. The van der Waals surface area contributed by atoms with Gasteiger partial charge in [-0.15, -0.1) is 0 Å². The number of hydrogen-bond acceptors (Lipinski definition) is 6. The lowest BCUT2D eigenvalue weighted by molar-refractivity contribution is -0.160. The van der Waals surface area contributed by atoms with Gasteiger partial charge in [0.25, 0.3) is 5.56 Å². The Hall–Kier alpha value is -4.39. The highest BCUT2D eigenvalue weighted by atomic mass is 19.2. The maximum atomic E-state index is 17.1. The summed E-state index contributed by atoms with van der Waals surface area (Å²) in [5, 5.41) is 11.9. The van der Waals surface area contributed by atoms with E-state index >= 15 is 13.2 Å². The van der Waals surface area contributed by atoms with Gasteiger partial charge >= 0.3 is 17.6 Å². The minimum Gasteiger partial charge on any atom is -0.478 e. The molecule has 2 N–H and O–H groups in total. The maximum absolute atomic E-state index is 17.1. The second-order valence-corrected chi connectivity index (χ2v) is 11.8. The Morgan fingerprint density at radius 1 is 1.11 bits per heavy atom. The summed E-state index contributed by atoms with van der Waals surface area (Å²) in [6.07, 6.45) is 0.221. The standard InChI is InChI=1S/C31H28F5N3O5/c1-15-37-21-12-17-10-11-20(18(17)13-19(21)26(40)39(15)14-44-28(43)29(2,3)4)38-31(36)22(16-8-6-5-7-9-16)23(32)24(33)25(34)30(31,35)27(41)42/h5-9,12-13,20,38H,10-11,14H2,1-4H3,(H,41,42). The number of carboxylic acid groups (broad SMARTS) is 1. The van der Waals surface area contributed by atoms with Gasteiger partial charge in [-0.2, -0.15) is 0 Å². The van der Waals surface area contributed by atoms with Crippen molar-refractivity contribution in [2.75, 3.05) is 0 Å². The summed E-state index contributed by atoms with van der Waals surface area (Å²) in [6.45, 7) is 6.02. The molecule has 1 aromatic heterocycles. The molecule has 8 nitrogen and oxygen atoms in total. The molecular formula is C31H28F5N3O5. The highest BCUT2D eigenvalue weighted by Gasteiger charge is 2.70. The van der Waals surface area contributed by atoms with E-state index in [1.54, 1.807) is 33.8 Å². The molecule has 2 aliphatic carbocycles. The summed E-state index contributed by atoms with van der Waals surface area (Å²) in [6, 6.07) is 7.88. The third-order valence-electron chi connectivity index (χ3n) is 7.88. The fraction of sp³-hybridized carbons (Fsp3) is 0.355. The zero-order chi connectivity index (χ0) is 32.4. The molecule has 0 fully saturated rings. The summed E-state index contributed by atoms with van der Waals surface area (Å²) in [5.74, 6) is -14.5. The number of allylic oxidation sites excluding steroid dienone is 2. The van der Waals surface area contributed by atoms with E-state index in [2.05, 4.69) is 10.3 Å². The number of hydrogen-bond donors (Lipinski definition) is 2. The van der Waals surface area contributed by atoms with Crippen molar-refractivity contribution < 1.29 is 41.4 Å². The van der Waals surface area contributed by atoms with Crippen LogP contribution in [0.5, 0.6) is 0 Å². The van der Waals surface area contributed by atoms with Gasteiger partial charge in [0, 0.05) is 6.04 Å². The van der Waals surface area contributed by atoms with Crippen molar-refractivity contribution in [1.29, 1.82) is 0 Å². The van der Waals surface area contributed by atoms with Gasteiger partial charge in [0.1, 0.15) is 5.82 Å². The Kier molecular flexibility index (Phi) is 7.52. The molecule has 3 atom stereocenters. The minimum atomic E-state index is -4.69. The summed E-state index contributed by atoms with van der Waals surface area (Å²) >= 11 is 0. The fourth-order valence-electron chi connectivity index (χ4n) is 5.49. The van der Waals surface area contributed by atoms with E-state index in [1.165, 1.54) is 24.3 Å². The average molecular weight is 618 g/mol. The van der Waals surface area contributed by atoms with E-state index in [-0.39, 0.29) is 35.1 Å². The fourth-order valence-corrected chi connectivity index (χ4v) is 5.49. The van der Waals surface area contributed by atoms with Crippen molar-refractivity contribution in [1.82, 2.24) is 14.9 Å². The molecule has 2 aliphatic rings. The number of nitrogens with one attached hydrogen (secondary N) is 1. The highest BCUT2D eigenvalue weighted by Crippen LogP contribution is 2.54. The van der Waals surface area contributed by atoms with Crippen LogP contribution in [0.1, 0.15) is 55.7 Å². The number of carbonyl (C=O) groups is 2. The smallest absolute Gasteiger partial charge is 0.354 e. The van der Waals surface area contributed by atoms with Crippen molar-refractivity contribution in [2.24, 2.45) is 5.41 Å². The third-order valence-corrected chi connectivity index (χ3v) is 7.88. The zero-order valence-corrected chi connectivity index (χ0v) is 24.1. The molecule has 0 bridgehead atoms. The number of fused-ring (bicyclic) bond motifs is 2. The predicted octanol–water partition coefficient (Wildman–Crippen LogP) is 5.83. The van der Waals surface area contributed by atoms with Gasteiger partial charge < -0.3 is 9.84 Å². The quantitative estimate of drug-likeness (QED) is 0.203.